The van der Waals surface area contributed by atoms with Crippen LogP contribution in [0.25, 0.3) is 0 Å². The van der Waals surface area contributed by atoms with Gasteiger partial charge >= 0.3 is 12.4 Å². The highest BCUT2D eigenvalue weighted by Gasteiger charge is 2.49. The van der Waals surface area contributed by atoms with Crippen LogP contribution in [0.15, 0.2) is 42.5 Å². The maximum atomic E-state index is 13.8. The maximum Gasteiger partial charge on any atom is 0.416 e. The summed E-state index contributed by atoms with van der Waals surface area (Å²) in [7, 11) is 0. The first-order valence-electron chi connectivity index (χ1n) is 13.6. The van der Waals surface area contributed by atoms with Crippen molar-refractivity contribution in [2.45, 2.75) is 68.8 Å². The number of rotatable bonds is 6. The van der Waals surface area contributed by atoms with Crippen LogP contribution in [0.5, 0.6) is 0 Å². The molecule has 0 saturated carbocycles. The van der Waals surface area contributed by atoms with E-state index in [1.165, 1.54) is 19.1 Å². The van der Waals surface area contributed by atoms with E-state index in [9.17, 15) is 40.6 Å². The van der Waals surface area contributed by atoms with Crippen LogP contribution in [0.2, 0.25) is 0 Å². The molecule has 6 atom stereocenters. The van der Waals surface area contributed by atoms with Gasteiger partial charge in [0.25, 0.3) is 0 Å². The van der Waals surface area contributed by atoms with Crippen molar-refractivity contribution in [1.29, 1.82) is 0 Å². The Hall–Kier alpha value is -2.70. The Labute approximate surface area is 232 Å². The average Bonchev–Trinajstić information content (AvgIpc) is 3.46. The molecule has 0 spiro atoms. The molecule has 5 nitrogen and oxygen atoms in total. The summed E-state index contributed by atoms with van der Waals surface area (Å²) in [6, 6.07) is 6.72. The van der Waals surface area contributed by atoms with Gasteiger partial charge in [0.15, 0.2) is 0 Å². The van der Waals surface area contributed by atoms with Crippen LogP contribution in [-0.2, 0) is 21.9 Å². The summed E-state index contributed by atoms with van der Waals surface area (Å²) < 4.78 is 101. The van der Waals surface area contributed by atoms with Crippen LogP contribution in [-0.4, -0.2) is 65.2 Å². The number of carbonyl (C=O) groups excluding carboxylic acids is 1. The second-order valence-electron chi connectivity index (χ2n) is 11.4. The molecule has 0 aromatic heterocycles. The average molecular weight is 589 g/mol. The second-order valence-corrected chi connectivity index (χ2v) is 11.4. The number of carbonyl (C=O) groups is 1. The molecule has 0 aliphatic carbocycles. The first kappa shape index (κ1) is 29.8. The number of alkyl halides is 6. The number of halogens is 7. The van der Waals surface area contributed by atoms with Gasteiger partial charge in [-0.1, -0.05) is 12.1 Å². The largest absolute Gasteiger partial charge is 0.416 e. The molecule has 41 heavy (non-hydrogen) atoms. The molecule has 5 rings (SSSR count). The summed E-state index contributed by atoms with van der Waals surface area (Å²) in [5.74, 6) is -1.06. The highest BCUT2D eigenvalue weighted by atomic mass is 19.4. The molecule has 3 saturated heterocycles. The molecule has 3 fully saturated rings. The summed E-state index contributed by atoms with van der Waals surface area (Å²) in [6.45, 7) is 3.37. The van der Waals surface area contributed by atoms with E-state index in [-0.39, 0.29) is 42.5 Å². The van der Waals surface area contributed by atoms with Gasteiger partial charge in [-0.05, 0) is 67.1 Å². The van der Waals surface area contributed by atoms with Gasteiger partial charge in [-0.15, -0.1) is 0 Å². The number of hydrogen-bond donors (Lipinski definition) is 1. The zero-order chi connectivity index (χ0) is 29.7. The Bertz CT molecular complexity index is 1220. The lowest BCUT2D eigenvalue weighted by molar-refractivity contribution is -0.143. The Morgan fingerprint density at radius 2 is 1.63 bits per heavy atom. The summed E-state index contributed by atoms with van der Waals surface area (Å²) in [5, 5.41) is 9.89. The zero-order valence-corrected chi connectivity index (χ0v) is 22.3. The standard InChI is InChI=1S/C29H31F7N2O3/c1-16(19-10-20(28(31,32)33)12-21(11-19)29(34,35)36)41-25-15-38-24(27(25)18-2-4-22(30)5-3-18)8-17(9-26(38)40)13-37-7-6-23(39)14-37/h2-5,10-12,16-17,23-25,27,39H,6-9,13-15H2,1H3/t16-,17?,23+,24+,25+,27+/m1/s1. The maximum absolute atomic E-state index is 13.8. The highest BCUT2D eigenvalue weighted by Crippen LogP contribution is 2.45. The molecule has 12 heteroatoms. The predicted molar refractivity (Wildman–Crippen MR) is 134 cm³/mol. The molecule has 224 valence electrons. The predicted octanol–water partition coefficient (Wildman–Crippen LogP) is 5.78. The molecule has 0 bridgehead atoms. The highest BCUT2D eigenvalue weighted by molar-refractivity contribution is 5.78. The summed E-state index contributed by atoms with van der Waals surface area (Å²) >= 11 is 0. The van der Waals surface area contributed by atoms with E-state index in [1.54, 1.807) is 17.0 Å². The van der Waals surface area contributed by atoms with Gasteiger partial charge in [-0.3, -0.25) is 4.79 Å². The van der Waals surface area contributed by atoms with Crippen LogP contribution >= 0.6 is 0 Å². The molecule has 1 N–H and O–H groups in total. The van der Waals surface area contributed by atoms with Crippen LogP contribution in [0, 0.1) is 11.7 Å². The molecule has 1 unspecified atom stereocenters. The Morgan fingerprint density at radius 1 is 1.00 bits per heavy atom. The van der Waals surface area contributed by atoms with Crippen molar-refractivity contribution in [3.8, 4) is 0 Å². The normalized spacial score (nSPS) is 28.3. The molecule has 2 aromatic carbocycles. The van der Waals surface area contributed by atoms with Crippen molar-refractivity contribution >= 4 is 5.91 Å². The van der Waals surface area contributed by atoms with Crippen LogP contribution in [0.1, 0.15) is 60.5 Å². The number of fused-ring (bicyclic) bond motifs is 1. The van der Waals surface area contributed by atoms with E-state index in [4.69, 9.17) is 4.74 Å². The molecule has 1 amide bonds. The third-order valence-electron chi connectivity index (χ3n) is 8.43. The van der Waals surface area contributed by atoms with Crippen molar-refractivity contribution in [3.63, 3.8) is 0 Å². The van der Waals surface area contributed by atoms with Gasteiger partial charge in [0.05, 0.1) is 29.4 Å². The van der Waals surface area contributed by atoms with Crippen molar-refractivity contribution in [2.75, 3.05) is 26.2 Å². The first-order valence-corrected chi connectivity index (χ1v) is 13.6. The second kappa shape index (κ2) is 11.2. The number of benzene rings is 2. The van der Waals surface area contributed by atoms with Gasteiger partial charge in [-0.2, -0.15) is 26.3 Å². The number of ether oxygens (including phenoxy) is 1. The molecule has 3 heterocycles. The van der Waals surface area contributed by atoms with Crippen molar-refractivity contribution in [3.05, 3.63) is 70.5 Å². The van der Waals surface area contributed by atoms with E-state index in [1.807, 2.05) is 0 Å². The molecule has 2 aromatic rings. The smallest absolute Gasteiger partial charge is 0.392 e. The van der Waals surface area contributed by atoms with Gasteiger partial charge in [-0.25, -0.2) is 4.39 Å². The number of hydrogen-bond acceptors (Lipinski definition) is 4. The van der Waals surface area contributed by atoms with E-state index in [2.05, 4.69) is 4.90 Å². The van der Waals surface area contributed by atoms with Crippen molar-refractivity contribution < 1.29 is 45.4 Å². The fourth-order valence-electron chi connectivity index (χ4n) is 6.52. The van der Waals surface area contributed by atoms with Crippen LogP contribution in [0.4, 0.5) is 30.7 Å². The van der Waals surface area contributed by atoms with E-state index in [0.717, 1.165) is 6.54 Å². The van der Waals surface area contributed by atoms with Crippen molar-refractivity contribution in [2.24, 2.45) is 5.92 Å². The number of aliphatic hydroxyl groups is 1. The zero-order valence-electron chi connectivity index (χ0n) is 22.3. The van der Waals surface area contributed by atoms with Gasteiger partial charge in [0.2, 0.25) is 5.91 Å². The van der Waals surface area contributed by atoms with Crippen LogP contribution in [0.3, 0.4) is 0 Å². The number of nitrogens with zero attached hydrogens (tertiary/aromatic N) is 2. The topological polar surface area (TPSA) is 53.0 Å². The number of piperidine rings is 1. The lowest BCUT2D eigenvalue weighted by Crippen LogP contribution is -2.46. The van der Waals surface area contributed by atoms with Gasteiger partial charge in [0.1, 0.15) is 5.82 Å². The Morgan fingerprint density at radius 3 is 2.20 bits per heavy atom. The SMILES string of the molecule is C[C@@H](O[C@H]1CN2C(=O)CC(CN3CC[C@H](O)C3)C[C@H]2[C@@H]1c1ccc(F)cc1)c1cc(C(F)(F)F)cc(C(F)(F)F)c1. The number of β-amino-alcohol motifs (C(OH)–C–C–N with tert-alkyl or cyclic N) is 1. The number of aliphatic hydroxyl groups excluding tert-OH is 1. The third kappa shape index (κ3) is 6.54. The molecule has 0 radical (unpaired) electrons. The minimum absolute atomic E-state index is 0.00835. The number of amides is 1. The summed E-state index contributed by atoms with van der Waals surface area (Å²) in [4.78, 5) is 17.0. The molecular formula is C29H31F7N2O3. The lowest BCUT2D eigenvalue weighted by atomic mass is 9.81. The molecule has 3 aliphatic heterocycles. The minimum Gasteiger partial charge on any atom is -0.392 e. The van der Waals surface area contributed by atoms with Crippen LogP contribution < -0.4 is 0 Å². The molecule has 3 aliphatic rings. The fourth-order valence-corrected chi connectivity index (χ4v) is 6.52. The minimum atomic E-state index is -4.99. The van der Waals surface area contributed by atoms with E-state index in [0.29, 0.717) is 43.6 Å². The third-order valence-corrected chi connectivity index (χ3v) is 8.43. The van der Waals surface area contributed by atoms with E-state index >= 15 is 0 Å². The Kier molecular flexibility index (Phi) is 8.12. The first-order chi connectivity index (χ1) is 19.2. The molecular weight excluding hydrogens is 557 g/mol. The van der Waals surface area contributed by atoms with E-state index < -0.39 is 53.5 Å². The quantitative estimate of drug-likeness (QED) is 0.435. The monoisotopic (exact) mass is 588 g/mol. The summed E-state index contributed by atoms with van der Waals surface area (Å²) in [6.07, 6.45) is -10.8. The van der Waals surface area contributed by atoms with Gasteiger partial charge < -0.3 is 19.6 Å². The lowest BCUT2D eigenvalue weighted by Gasteiger charge is -2.38. The van der Waals surface area contributed by atoms with Gasteiger partial charge in [0, 0.05) is 44.6 Å². The summed E-state index contributed by atoms with van der Waals surface area (Å²) in [5.41, 5.74) is -2.48. The van der Waals surface area contributed by atoms with Crippen molar-refractivity contribution in [1.82, 2.24) is 9.80 Å². The fraction of sp³-hybridized carbons (Fsp3) is 0.552. The Balaban J connectivity index is 1.43. The number of likely N-dealkylation sites (tertiary alicyclic amines) is 1.